The number of anilines is 1. The summed E-state index contributed by atoms with van der Waals surface area (Å²) in [6, 6.07) is 3.24. The van der Waals surface area contributed by atoms with E-state index in [4.69, 9.17) is 0 Å². The third kappa shape index (κ3) is 2.70. The maximum atomic E-state index is 12.5. The number of urea groups is 1. The molecule has 0 radical (unpaired) electrons. The van der Waals surface area contributed by atoms with Crippen molar-refractivity contribution in [2.24, 2.45) is 0 Å². The molecule has 21 heavy (non-hydrogen) atoms. The van der Waals surface area contributed by atoms with Gasteiger partial charge in [-0.25, -0.2) is 9.59 Å². The smallest absolute Gasteiger partial charge is 0.329 e. The van der Waals surface area contributed by atoms with E-state index in [-0.39, 0.29) is 6.03 Å². The largest absolute Gasteiger partial charge is 0.479 e. The van der Waals surface area contributed by atoms with E-state index < -0.39 is 11.5 Å². The summed E-state index contributed by atoms with van der Waals surface area (Å²) in [5.41, 5.74) is 1.13. The predicted octanol–water partition coefficient (Wildman–Crippen LogP) is 2.56. The van der Waals surface area contributed by atoms with Crippen molar-refractivity contribution in [1.82, 2.24) is 9.88 Å². The molecule has 0 saturated carbocycles. The lowest BCUT2D eigenvalue weighted by Crippen LogP contribution is -2.54. The molecule has 1 fully saturated rings. The van der Waals surface area contributed by atoms with E-state index in [2.05, 4.69) is 10.3 Å². The Kier molecular flexibility index (Phi) is 4.16. The van der Waals surface area contributed by atoms with Crippen molar-refractivity contribution in [2.45, 2.75) is 45.6 Å². The SMILES string of the molecule is CCC1(C(=O)O)CCCN1C(=O)Nc1ccc(C)nc1C. The van der Waals surface area contributed by atoms with Crippen LogP contribution in [0.2, 0.25) is 0 Å². The molecule has 114 valence electrons. The molecule has 1 saturated heterocycles. The van der Waals surface area contributed by atoms with Crippen molar-refractivity contribution in [3.8, 4) is 0 Å². The van der Waals surface area contributed by atoms with Gasteiger partial charge >= 0.3 is 12.0 Å². The summed E-state index contributed by atoms with van der Waals surface area (Å²) >= 11 is 0. The normalized spacial score (nSPS) is 21.4. The van der Waals surface area contributed by atoms with Crippen molar-refractivity contribution in [2.75, 3.05) is 11.9 Å². The van der Waals surface area contributed by atoms with E-state index in [0.717, 1.165) is 11.4 Å². The second-order valence-electron chi connectivity index (χ2n) is 5.46. The van der Waals surface area contributed by atoms with Gasteiger partial charge in [0.1, 0.15) is 5.54 Å². The van der Waals surface area contributed by atoms with Crippen molar-refractivity contribution in [3.63, 3.8) is 0 Å². The minimum atomic E-state index is -1.09. The van der Waals surface area contributed by atoms with E-state index in [0.29, 0.717) is 31.5 Å². The number of aromatic nitrogens is 1. The maximum absolute atomic E-state index is 12.5. The van der Waals surface area contributed by atoms with Gasteiger partial charge in [0, 0.05) is 12.2 Å². The molecular weight excluding hydrogens is 270 g/mol. The average molecular weight is 291 g/mol. The van der Waals surface area contributed by atoms with Crippen LogP contribution in [0.1, 0.15) is 37.6 Å². The number of nitrogens with one attached hydrogen (secondary N) is 1. The molecule has 0 spiro atoms. The summed E-state index contributed by atoms with van der Waals surface area (Å²) in [6.07, 6.45) is 1.61. The second kappa shape index (κ2) is 5.71. The van der Waals surface area contributed by atoms with Gasteiger partial charge in [-0.15, -0.1) is 0 Å². The second-order valence-corrected chi connectivity index (χ2v) is 5.46. The Morgan fingerprint density at radius 2 is 2.14 bits per heavy atom. The van der Waals surface area contributed by atoms with E-state index in [1.54, 1.807) is 13.0 Å². The Balaban J connectivity index is 2.21. The van der Waals surface area contributed by atoms with Gasteiger partial charge in [0.05, 0.1) is 11.4 Å². The summed E-state index contributed by atoms with van der Waals surface area (Å²) in [7, 11) is 0. The number of rotatable bonds is 3. The molecule has 1 aliphatic rings. The molecule has 2 heterocycles. The topological polar surface area (TPSA) is 82.5 Å². The van der Waals surface area contributed by atoms with Gasteiger partial charge in [-0.3, -0.25) is 4.98 Å². The number of amides is 2. The van der Waals surface area contributed by atoms with Crippen LogP contribution in [-0.2, 0) is 4.79 Å². The highest BCUT2D eigenvalue weighted by atomic mass is 16.4. The van der Waals surface area contributed by atoms with Gasteiger partial charge in [0.2, 0.25) is 0 Å². The first-order chi connectivity index (χ1) is 9.90. The van der Waals surface area contributed by atoms with Crippen LogP contribution >= 0.6 is 0 Å². The number of pyridine rings is 1. The van der Waals surface area contributed by atoms with Gasteiger partial charge in [0.25, 0.3) is 0 Å². The van der Waals surface area contributed by atoms with E-state index in [1.165, 1.54) is 4.90 Å². The number of carbonyl (C=O) groups is 2. The molecule has 2 rings (SSSR count). The Morgan fingerprint density at radius 1 is 1.43 bits per heavy atom. The van der Waals surface area contributed by atoms with Crippen LogP contribution in [0, 0.1) is 13.8 Å². The number of hydrogen-bond acceptors (Lipinski definition) is 3. The monoisotopic (exact) mass is 291 g/mol. The number of aliphatic carboxylic acids is 1. The van der Waals surface area contributed by atoms with E-state index >= 15 is 0 Å². The van der Waals surface area contributed by atoms with Gasteiger partial charge < -0.3 is 15.3 Å². The highest BCUT2D eigenvalue weighted by Crippen LogP contribution is 2.33. The highest BCUT2D eigenvalue weighted by molar-refractivity contribution is 5.94. The molecule has 2 N–H and O–H groups in total. The van der Waals surface area contributed by atoms with Crippen LogP contribution in [-0.4, -0.2) is 39.1 Å². The van der Waals surface area contributed by atoms with Gasteiger partial charge in [-0.1, -0.05) is 6.92 Å². The number of carboxylic acids is 1. The van der Waals surface area contributed by atoms with Crippen LogP contribution in [0.4, 0.5) is 10.5 Å². The summed E-state index contributed by atoms with van der Waals surface area (Å²) in [4.78, 5) is 29.8. The van der Waals surface area contributed by atoms with Crippen molar-refractivity contribution in [3.05, 3.63) is 23.5 Å². The fraction of sp³-hybridized carbons (Fsp3) is 0.533. The standard InChI is InChI=1S/C15H21N3O3/c1-4-15(13(19)20)8-5-9-18(15)14(21)17-12-7-6-10(2)16-11(12)3/h6-7H,4-5,8-9H2,1-3H3,(H,17,21)(H,19,20). The lowest BCUT2D eigenvalue weighted by Gasteiger charge is -2.33. The molecule has 0 aromatic carbocycles. The lowest BCUT2D eigenvalue weighted by molar-refractivity contribution is -0.148. The van der Waals surface area contributed by atoms with E-state index in [9.17, 15) is 14.7 Å². The van der Waals surface area contributed by atoms with Crippen molar-refractivity contribution < 1.29 is 14.7 Å². The minimum absolute atomic E-state index is 0.370. The molecule has 1 aliphatic heterocycles. The van der Waals surface area contributed by atoms with Gasteiger partial charge in [0.15, 0.2) is 0 Å². The fourth-order valence-corrected chi connectivity index (χ4v) is 2.92. The number of aryl methyl sites for hydroxylation is 2. The Hall–Kier alpha value is -2.11. The zero-order chi connectivity index (χ0) is 15.6. The number of nitrogens with zero attached hydrogens (tertiary/aromatic N) is 2. The van der Waals surface area contributed by atoms with Crippen LogP contribution in [0.15, 0.2) is 12.1 Å². The van der Waals surface area contributed by atoms with Gasteiger partial charge in [-0.05, 0) is 45.2 Å². The minimum Gasteiger partial charge on any atom is -0.479 e. The fourth-order valence-electron chi connectivity index (χ4n) is 2.92. The molecule has 6 heteroatoms. The van der Waals surface area contributed by atoms with Crippen LogP contribution < -0.4 is 5.32 Å². The zero-order valence-corrected chi connectivity index (χ0v) is 12.6. The van der Waals surface area contributed by atoms with E-state index in [1.807, 2.05) is 19.9 Å². The number of hydrogen-bond donors (Lipinski definition) is 2. The molecule has 1 aromatic heterocycles. The lowest BCUT2D eigenvalue weighted by atomic mass is 9.93. The number of likely N-dealkylation sites (tertiary alicyclic amines) is 1. The molecule has 1 unspecified atom stereocenters. The van der Waals surface area contributed by atoms with Crippen molar-refractivity contribution in [1.29, 1.82) is 0 Å². The first-order valence-electron chi connectivity index (χ1n) is 7.17. The molecular formula is C15H21N3O3. The molecule has 0 aliphatic carbocycles. The zero-order valence-electron chi connectivity index (χ0n) is 12.6. The highest BCUT2D eigenvalue weighted by Gasteiger charge is 2.48. The molecule has 6 nitrogen and oxygen atoms in total. The Bertz CT molecular complexity index is 573. The molecule has 2 amide bonds. The van der Waals surface area contributed by atoms with Crippen LogP contribution in [0.5, 0.6) is 0 Å². The average Bonchev–Trinajstić information content (AvgIpc) is 2.87. The molecule has 1 atom stereocenters. The summed E-state index contributed by atoms with van der Waals surface area (Å²) < 4.78 is 0. The third-order valence-electron chi connectivity index (χ3n) is 4.18. The predicted molar refractivity (Wildman–Crippen MR) is 79.3 cm³/mol. The quantitative estimate of drug-likeness (QED) is 0.896. The maximum Gasteiger partial charge on any atom is 0.329 e. The Labute approximate surface area is 124 Å². The first-order valence-corrected chi connectivity index (χ1v) is 7.17. The number of carboxylic acid groups (broad SMARTS) is 1. The Morgan fingerprint density at radius 3 is 2.71 bits per heavy atom. The van der Waals surface area contributed by atoms with Crippen molar-refractivity contribution >= 4 is 17.7 Å². The first kappa shape index (κ1) is 15.3. The summed E-state index contributed by atoms with van der Waals surface area (Å²) in [6.45, 7) is 5.96. The van der Waals surface area contributed by atoms with Gasteiger partial charge in [-0.2, -0.15) is 0 Å². The molecule has 0 bridgehead atoms. The summed E-state index contributed by atoms with van der Waals surface area (Å²) in [5.74, 6) is -0.934. The van der Waals surface area contributed by atoms with Crippen LogP contribution in [0.25, 0.3) is 0 Å². The van der Waals surface area contributed by atoms with Crippen LogP contribution in [0.3, 0.4) is 0 Å². The number of carbonyl (C=O) groups excluding carboxylic acids is 1. The summed E-state index contributed by atoms with van der Waals surface area (Å²) in [5, 5.41) is 12.3. The third-order valence-corrected chi connectivity index (χ3v) is 4.18. The molecule has 1 aromatic rings.